The Morgan fingerprint density at radius 1 is 1.55 bits per heavy atom. The Balaban J connectivity index is 2.23. The van der Waals surface area contributed by atoms with Gasteiger partial charge in [0.1, 0.15) is 5.75 Å². The predicted octanol–water partition coefficient (Wildman–Crippen LogP) is 1.96. The van der Waals surface area contributed by atoms with E-state index in [4.69, 9.17) is 16.3 Å². The van der Waals surface area contributed by atoms with Gasteiger partial charge in [-0.3, -0.25) is 4.79 Å². The minimum atomic E-state index is -0.385. The molecule has 0 aliphatic heterocycles. The smallest absolute Gasteiger partial charge is 0.255 e. The van der Waals surface area contributed by atoms with Gasteiger partial charge < -0.3 is 10.1 Å². The maximum atomic E-state index is 12.3. The summed E-state index contributed by atoms with van der Waals surface area (Å²) in [7, 11) is 1.50. The summed E-state index contributed by atoms with van der Waals surface area (Å²) in [5.41, 5.74) is 0.355. The molecule has 1 atom stereocenters. The lowest BCUT2D eigenvalue weighted by Gasteiger charge is -2.13. The van der Waals surface area contributed by atoms with Gasteiger partial charge in [0.2, 0.25) is 0 Å². The first-order valence-electron chi connectivity index (χ1n) is 5.60. The number of amides is 1. The number of hydrogen-bond donors (Lipinski definition) is 2. The zero-order valence-electron chi connectivity index (χ0n) is 10.6. The van der Waals surface area contributed by atoms with Crippen molar-refractivity contribution in [2.24, 2.45) is 0 Å². The summed E-state index contributed by atoms with van der Waals surface area (Å²) in [6.07, 6.45) is 0. The van der Waals surface area contributed by atoms with E-state index in [2.05, 4.69) is 48.5 Å². The molecule has 7 nitrogen and oxygen atoms in total. The molecule has 106 valence electrons. The van der Waals surface area contributed by atoms with Crippen molar-refractivity contribution < 1.29 is 9.53 Å². The Hall–Kier alpha value is -1.42. The average Bonchev–Trinajstić information content (AvgIpc) is 2.95. The Labute approximate surface area is 133 Å². The number of tetrazole rings is 1. The van der Waals surface area contributed by atoms with Crippen LogP contribution in [0, 0.1) is 3.57 Å². The van der Waals surface area contributed by atoms with E-state index < -0.39 is 0 Å². The molecule has 1 aromatic heterocycles. The van der Waals surface area contributed by atoms with Crippen molar-refractivity contribution in [2.75, 3.05) is 7.11 Å². The lowest BCUT2D eigenvalue weighted by molar-refractivity contribution is 0.0935. The van der Waals surface area contributed by atoms with Crippen LogP contribution in [0.4, 0.5) is 0 Å². The monoisotopic (exact) mass is 407 g/mol. The molecule has 0 spiro atoms. The second-order valence-electron chi connectivity index (χ2n) is 3.93. The number of benzene rings is 1. The standard InChI is InChI=1S/C11H11ClIN5O2/c1-5(10-15-17-18-16-10)14-11(19)6-3-7(12)8(13)4-9(6)20-2/h3-5H,1-2H3,(H,14,19)(H,15,16,17,18). The summed E-state index contributed by atoms with van der Waals surface area (Å²) in [5.74, 6) is 0.531. The van der Waals surface area contributed by atoms with Crippen molar-refractivity contribution in [3.8, 4) is 5.75 Å². The van der Waals surface area contributed by atoms with E-state index in [1.165, 1.54) is 7.11 Å². The number of rotatable bonds is 4. The van der Waals surface area contributed by atoms with Crippen molar-refractivity contribution in [1.82, 2.24) is 25.9 Å². The molecule has 0 aliphatic rings. The van der Waals surface area contributed by atoms with Gasteiger partial charge in [-0.25, -0.2) is 0 Å². The fraction of sp³-hybridized carbons (Fsp3) is 0.273. The third-order valence-electron chi connectivity index (χ3n) is 2.58. The van der Waals surface area contributed by atoms with Gasteiger partial charge >= 0.3 is 0 Å². The minimum Gasteiger partial charge on any atom is -0.496 e. The zero-order valence-corrected chi connectivity index (χ0v) is 13.6. The Kier molecular flexibility index (Phi) is 4.76. The first-order valence-corrected chi connectivity index (χ1v) is 7.06. The highest BCUT2D eigenvalue weighted by atomic mass is 127. The number of carbonyl (C=O) groups is 1. The molecular formula is C11H11ClIN5O2. The van der Waals surface area contributed by atoms with Gasteiger partial charge in [0.25, 0.3) is 5.91 Å². The summed E-state index contributed by atoms with van der Waals surface area (Å²) >= 11 is 8.11. The Morgan fingerprint density at radius 3 is 2.90 bits per heavy atom. The van der Waals surface area contributed by atoms with E-state index in [9.17, 15) is 4.79 Å². The number of aromatic amines is 1. The topological polar surface area (TPSA) is 92.8 Å². The number of nitrogens with zero attached hydrogens (tertiary/aromatic N) is 3. The molecule has 0 radical (unpaired) electrons. The Bertz CT molecular complexity index is 620. The molecule has 9 heteroatoms. The van der Waals surface area contributed by atoms with E-state index in [-0.39, 0.29) is 11.9 Å². The number of H-pyrrole nitrogens is 1. The van der Waals surface area contributed by atoms with Crippen molar-refractivity contribution in [2.45, 2.75) is 13.0 Å². The molecule has 20 heavy (non-hydrogen) atoms. The van der Waals surface area contributed by atoms with Crippen LogP contribution < -0.4 is 10.1 Å². The Morgan fingerprint density at radius 2 is 2.30 bits per heavy atom. The summed E-state index contributed by atoms with van der Waals surface area (Å²) in [5, 5.41) is 16.7. The van der Waals surface area contributed by atoms with Crippen molar-refractivity contribution >= 4 is 40.1 Å². The van der Waals surface area contributed by atoms with E-state index >= 15 is 0 Å². The van der Waals surface area contributed by atoms with Gasteiger partial charge in [-0.05, 0) is 41.6 Å². The van der Waals surface area contributed by atoms with Gasteiger partial charge in [-0.1, -0.05) is 16.8 Å². The molecule has 2 rings (SSSR count). The van der Waals surface area contributed by atoms with Gasteiger partial charge in [-0.15, -0.1) is 10.2 Å². The van der Waals surface area contributed by atoms with Crippen LogP contribution in [0.5, 0.6) is 5.75 Å². The van der Waals surface area contributed by atoms with Crippen LogP contribution in [0.2, 0.25) is 5.02 Å². The molecule has 1 unspecified atom stereocenters. The van der Waals surface area contributed by atoms with Crippen LogP contribution in [-0.4, -0.2) is 33.6 Å². The van der Waals surface area contributed by atoms with Crippen molar-refractivity contribution in [1.29, 1.82) is 0 Å². The number of carbonyl (C=O) groups excluding carboxylic acids is 1. The third-order valence-corrected chi connectivity index (χ3v) is 4.11. The van der Waals surface area contributed by atoms with E-state index in [0.29, 0.717) is 22.2 Å². The molecule has 1 amide bonds. The number of nitrogens with one attached hydrogen (secondary N) is 2. The summed E-state index contributed by atoms with van der Waals surface area (Å²) < 4.78 is 6.01. The second kappa shape index (κ2) is 6.35. The van der Waals surface area contributed by atoms with Gasteiger partial charge in [0.15, 0.2) is 5.82 Å². The molecule has 0 saturated heterocycles. The van der Waals surface area contributed by atoms with Gasteiger partial charge in [0, 0.05) is 3.57 Å². The second-order valence-corrected chi connectivity index (χ2v) is 5.50. The van der Waals surface area contributed by atoms with E-state index in [0.717, 1.165) is 3.57 Å². The fourth-order valence-electron chi connectivity index (χ4n) is 1.57. The maximum absolute atomic E-state index is 12.3. The average molecular weight is 408 g/mol. The van der Waals surface area contributed by atoms with Gasteiger partial charge in [-0.2, -0.15) is 5.21 Å². The zero-order chi connectivity index (χ0) is 14.7. The number of methoxy groups -OCH3 is 1. The van der Waals surface area contributed by atoms with Crippen LogP contribution in [0.3, 0.4) is 0 Å². The first-order chi connectivity index (χ1) is 9.52. The summed E-state index contributed by atoms with van der Waals surface area (Å²) in [4.78, 5) is 12.3. The van der Waals surface area contributed by atoms with Crippen LogP contribution in [0.25, 0.3) is 0 Å². The van der Waals surface area contributed by atoms with Crippen molar-refractivity contribution in [3.05, 3.63) is 32.1 Å². The fourth-order valence-corrected chi connectivity index (χ4v) is 2.17. The van der Waals surface area contributed by atoms with Crippen LogP contribution in [0.15, 0.2) is 12.1 Å². The molecule has 2 aromatic rings. The van der Waals surface area contributed by atoms with Crippen LogP contribution >= 0.6 is 34.2 Å². The van der Waals surface area contributed by atoms with Gasteiger partial charge in [0.05, 0.1) is 23.7 Å². The lowest BCUT2D eigenvalue weighted by atomic mass is 10.1. The highest BCUT2D eigenvalue weighted by molar-refractivity contribution is 14.1. The number of aromatic nitrogens is 4. The molecule has 0 fully saturated rings. The highest BCUT2D eigenvalue weighted by Gasteiger charge is 2.19. The SMILES string of the molecule is COc1cc(I)c(Cl)cc1C(=O)NC(C)c1nn[nH]n1. The molecule has 1 heterocycles. The highest BCUT2D eigenvalue weighted by Crippen LogP contribution is 2.28. The molecule has 1 aromatic carbocycles. The molecule has 2 N–H and O–H groups in total. The number of halogens is 2. The summed E-state index contributed by atoms with van der Waals surface area (Å²) in [6, 6.07) is 2.89. The van der Waals surface area contributed by atoms with Crippen LogP contribution in [-0.2, 0) is 0 Å². The van der Waals surface area contributed by atoms with E-state index in [1.54, 1.807) is 19.1 Å². The third kappa shape index (κ3) is 3.18. The first kappa shape index (κ1) is 15.0. The van der Waals surface area contributed by atoms with E-state index in [1.807, 2.05) is 0 Å². The largest absolute Gasteiger partial charge is 0.496 e. The molecule has 0 aliphatic carbocycles. The minimum absolute atomic E-state index is 0.322. The normalized spacial score (nSPS) is 12.0. The van der Waals surface area contributed by atoms with Crippen molar-refractivity contribution in [3.63, 3.8) is 0 Å². The quantitative estimate of drug-likeness (QED) is 0.756. The molecular weight excluding hydrogens is 397 g/mol. The predicted molar refractivity (Wildman–Crippen MR) is 80.8 cm³/mol. The summed E-state index contributed by atoms with van der Waals surface area (Å²) in [6.45, 7) is 1.75. The lowest BCUT2D eigenvalue weighted by Crippen LogP contribution is -2.27. The maximum Gasteiger partial charge on any atom is 0.255 e. The number of hydrogen-bond acceptors (Lipinski definition) is 5. The molecule has 0 saturated carbocycles. The molecule has 0 bridgehead atoms. The van der Waals surface area contributed by atoms with Crippen LogP contribution in [0.1, 0.15) is 29.1 Å². The number of ether oxygens (including phenoxy) is 1.